The number of carbonyl (C=O) groups excluding carboxylic acids is 2. The molecule has 0 aliphatic heterocycles. The van der Waals surface area contributed by atoms with Crippen LogP contribution in [-0.2, 0) is 16.0 Å². The molecule has 1 amide bonds. The van der Waals surface area contributed by atoms with E-state index in [1.54, 1.807) is 0 Å². The molecule has 4 nitrogen and oxygen atoms in total. The topological polar surface area (TPSA) is 70.0 Å². The zero-order valence-electron chi connectivity index (χ0n) is 14.6. The number of aryl methyl sites for hydroxylation is 3. The normalized spacial score (nSPS) is 16.2. The number of nitrogens with one attached hydrogen (secondary N) is 1. The summed E-state index contributed by atoms with van der Waals surface area (Å²) in [5.41, 5.74) is 3.42. The third-order valence-electron chi connectivity index (χ3n) is 4.80. The maximum Gasteiger partial charge on any atom is 0.245 e. The number of Topliss-reactive ketones (excluding diaryl/α,β-unsaturated/α-hetero) is 1. The molecule has 0 spiro atoms. The highest BCUT2D eigenvalue weighted by Crippen LogP contribution is 2.18. The van der Waals surface area contributed by atoms with E-state index in [1.807, 2.05) is 32.0 Å². The van der Waals surface area contributed by atoms with Crippen molar-refractivity contribution in [2.24, 2.45) is 5.92 Å². The minimum atomic E-state index is -1.18. The van der Waals surface area contributed by atoms with Gasteiger partial charge in [-0.15, -0.1) is 0 Å². The van der Waals surface area contributed by atoms with Crippen LogP contribution < -0.4 is 5.32 Å². The zero-order valence-corrected chi connectivity index (χ0v) is 14.6. The first-order valence-electron chi connectivity index (χ1n) is 8.80. The summed E-state index contributed by atoms with van der Waals surface area (Å²) in [7, 11) is 0. The van der Waals surface area contributed by atoms with Crippen molar-refractivity contribution in [1.82, 2.24) is 5.32 Å². The van der Waals surface area contributed by atoms with Crippen molar-refractivity contribution in [3.8, 4) is 6.07 Å². The van der Waals surface area contributed by atoms with Gasteiger partial charge in [0.25, 0.3) is 0 Å². The first kappa shape index (κ1) is 18.2. The van der Waals surface area contributed by atoms with Crippen LogP contribution in [0.1, 0.15) is 55.2 Å². The van der Waals surface area contributed by atoms with Crippen LogP contribution in [0.15, 0.2) is 18.2 Å². The summed E-state index contributed by atoms with van der Waals surface area (Å²) in [6, 6.07) is 8.12. The van der Waals surface area contributed by atoms with Gasteiger partial charge in [0, 0.05) is 12.5 Å². The molecular weight excluding hydrogens is 300 g/mol. The lowest BCUT2D eigenvalue weighted by Crippen LogP contribution is -2.42. The molecule has 24 heavy (non-hydrogen) atoms. The monoisotopic (exact) mass is 326 g/mol. The molecule has 128 valence electrons. The number of nitrogens with zero attached hydrogens (tertiary/aromatic N) is 1. The van der Waals surface area contributed by atoms with E-state index in [1.165, 1.54) is 12.0 Å². The van der Waals surface area contributed by atoms with Gasteiger partial charge in [-0.1, -0.05) is 43.0 Å². The molecule has 0 aromatic heterocycles. The van der Waals surface area contributed by atoms with Crippen molar-refractivity contribution in [2.45, 2.75) is 64.8 Å². The Labute approximate surface area is 144 Å². The van der Waals surface area contributed by atoms with E-state index in [0.717, 1.165) is 36.8 Å². The van der Waals surface area contributed by atoms with Crippen molar-refractivity contribution in [3.05, 3.63) is 34.9 Å². The number of amides is 1. The minimum Gasteiger partial charge on any atom is -0.352 e. The highest BCUT2D eigenvalue weighted by Gasteiger charge is 2.28. The van der Waals surface area contributed by atoms with Crippen molar-refractivity contribution in [3.63, 3.8) is 0 Å². The Balaban J connectivity index is 1.90. The Kier molecular flexibility index (Phi) is 6.54. The van der Waals surface area contributed by atoms with Crippen LogP contribution in [0.2, 0.25) is 0 Å². The third kappa shape index (κ3) is 4.92. The predicted octanol–water partition coefficient (Wildman–Crippen LogP) is 3.39. The molecule has 1 unspecified atom stereocenters. The summed E-state index contributed by atoms with van der Waals surface area (Å²) < 4.78 is 0. The Hall–Kier alpha value is -2.15. The largest absolute Gasteiger partial charge is 0.352 e. The molecule has 1 saturated carbocycles. The second-order valence-corrected chi connectivity index (χ2v) is 6.80. The summed E-state index contributed by atoms with van der Waals surface area (Å²) in [6.45, 7) is 4.05. The van der Waals surface area contributed by atoms with E-state index in [-0.39, 0.29) is 18.2 Å². The van der Waals surface area contributed by atoms with Gasteiger partial charge in [-0.3, -0.25) is 9.59 Å². The highest BCUT2D eigenvalue weighted by atomic mass is 16.2. The third-order valence-corrected chi connectivity index (χ3v) is 4.80. The quantitative estimate of drug-likeness (QED) is 0.815. The number of ketones is 1. The van der Waals surface area contributed by atoms with E-state index in [2.05, 4.69) is 11.4 Å². The molecule has 0 bridgehead atoms. The summed E-state index contributed by atoms with van der Waals surface area (Å²) >= 11 is 0. The molecule has 1 aliphatic carbocycles. The van der Waals surface area contributed by atoms with Crippen molar-refractivity contribution >= 4 is 11.7 Å². The Morgan fingerprint density at radius 2 is 1.96 bits per heavy atom. The number of nitriles is 1. The molecule has 1 atom stereocenters. The lowest BCUT2D eigenvalue weighted by molar-refractivity contribution is -0.132. The van der Waals surface area contributed by atoms with Gasteiger partial charge in [0.05, 0.1) is 6.07 Å². The van der Waals surface area contributed by atoms with Crippen LogP contribution in [0.4, 0.5) is 0 Å². The van der Waals surface area contributed by atoms with Crippen molar-refractivity contribution < 1.29 is 9.59 Å². The number of hydrogen-bond donors (Lipinski definition) is 1. The van der Waals surface area contributed by atoms with Gasteiger partial charge in [0.1, 0.15) is 0 Å². The van der Waals surface area contributed by atoms with Crippen molar-refractivity contribution in [2.75, 3.05) is 0 Å². The molecule has 1 aromatic carbocycles. The molecule has 0 saturated heterocycles. The highest BCUT2D eigenvalue weighted by molar-refractivity contribution is 6.04. The fourth-order valence-corrected chi connectivity index (χ4v) is 3.34. The fourth-order valence-electron chi connectivity index (χ4n) is 3.34. The summed E-state index contributed by atoms with van der Waals surface area (Å²) in [4.78, 5) is 24.6. The maximum absolute atomic E-state index is 12.3. The number of hydrogen-bond acceptors (Lipinski definition) is 3. The first-order chi connectivity index (χ1) is 11.5. The molecule has 1 aliphatic rings. The molecule has 0 heterocycles. The van der Waals surface area contributed by atoms with E-state index < -0.39 is 11.8 Å². The maximum atomic E-state index is 12.3. The van der Waals surface area contributed by atoms with Crippen LogP contribution in [0.5, 0.6) is 0 Å². The van der Waals surface area contributed by atoms with E-state index in [0.29, 0.717) is 6.42 Å². The molecule has 1 aromatic rings. The van der Waals surface area contributed by atoms with Crippen molar-refractivity contribution in [1.29, 1.82) is 5.26 Å². The standard InChI is InChI=1S/C20H26N2O2/c1-14-8-9-16(15(2)12-14)10-11-19(23)18(13-21)20(24)22-17-6-4-3-5-7-17/h8-9,12,17-18H,3-7,10-11H2,1-2H3,(H,22,24). The Morgan fingerprint density at radius 1 is 1.25 bits per heavy atom. The smallest absolute Gasteiger partial charge is 0.245 e. The summed E-state index contributed by atoms with van der Waals surface area (Å²) in [6.07, 6.45) is 6.08. The van der Waals surface area contributed by atoms with E-state index in [4.69, 9.17) is 0 Å². The average Bonchev–Trinajstić information content (AvgIpc) is 2.55. The molecule has 0 radical (unpaired) electrons. The van der Waals surface area contributed by atoms with Gasteiger partial charge >= 0.3 is 0 Å². The van der Waals surface area contributed by atoms with Crippen LogP contribution in [0.3, 0.4) is 0 Å². The Morgan fingerprint density at radius 3 is 2.58 bits per heavy atom. The zero-order chi connectivity index (χ0) is 17.5. The average molecular weight is 326 g/mol. The van der Waals surface area contributed by atoms with Gasteiger partial charge in [0.2, 0.25) is 5.91 Å². The van der Waals surface area contributed by atoms with Gasteiger partial charge in [-0.05, 0) is 44.2 Å². The SMILES string of the molecule is Cc1ccc(CCC(=O)C(C#N)C(=O)NC2CCCCC2)c(C)c1. The predicted molar refractivity (Wildman–Crippen MR) is 93.4 cm³/mol. The minimum absolute atomic E-state index is 0.120. The van der Waals surface area contributed by atoms with Crippen LogP contribution in [0, 0.1) is 31.1 Å². The van der Waals surface area contributed by atoms with Gasteiger partial charge in [-0.2, -0.15) is 5.26 Å². The molecule has 4 heteroatoms. The fraction of sp³-hybridized carbons (Fsp3) is 0.550. The first-order valence-corrected chi connectivity index (χ1v) is 8.80. The molecule has 1 N–H and O–H groups in total. The lowest BCUT2D eigenvalue weighted by Gasteiger charge is -2.23. The molecular formula is C20H26N2O2. The number of carbonyl (C=O) groups is 2. The molecule has 2 rings (SSSR count). The van der Waals surface area contributed by atoms with Crippen LogP contribution in [0.25, 0.3) is 0 Å². The van der Waals surface area contributed by atoms with Gasteiger partial charge < -0.3 is 5.32 Å². The molecule has 1 fully saturated rings. The lowest BCUT2D eigenvalue weighted by atomic mass is 9.93. The summed E-state index contributed by atoms with van der Waals surface area (Å²) in [5.74, 6) is -1.89. The summed E-state index contributed by atoms with van der Waals surface area (Å²) in [5, 5.41) is 12.1. The van der Waals surface area contributed by atoms with Gasteiger partial charge in [-0.25, -0.2) is 0 Å². The Bertz CT molecular complexity index is 640. The van der Waals surface area contributed by atoms with Crippen LogP contribution >= 0.6 is 0 Å². The van der Waals surface area contributed by atoms with E-state index in [9.17, 15) is 14.9 Å². The number of benzene rings is 1. The number of rotatable bonds is 6. The second kappa shape index (κ2) is 8.63. The van der Waals surface area contributed by atoms with Crippen LogP contribution in [-0.4, -0.2) is 17.7 Å². The van der Waals surface area contributed by atoms with E-state index >= 15 is 0 Å². The second-order valence-electron chi connectivity index (χ2n) is 6.80. The van der Waals surface area contributed by atoms with Gasteiger partial charge in [0.15, 0.2) is 11.7 Å².